The Kier molecular flexibility index (Phi) is 4.54. The van der Waals surface area contributed by atoms with Crippen molar-refractivity contribution < 1.29 is 0 Å². The molecule has 1 N–H and O–H groups in total. The Bertz CT molecular complexity index is 306. The van der Waals surface area contributed by atoms with Gasteiger partial charge in [-0.15, -0.1) is 11.3 Å². The first-order chi connectivity index (χ1) is 7.02. The van der Waals surface area contributed by atoms with Gasteiger partial charge in [0.05, 0.1) is 6.04 Å². The van der Waals surface area contributed by atoms with Gasteiger partial charge in [0.15, 0.2) is 5.11 Å². The Morgan fingerprint density at radius 2 is 2.13 bits per heavy atom. The van der Waals surface area contributed by atoms with Crippen LogP contribution >= 0.6 is 23.6 Å². The Morgan fingerprint density at radius 3 is 2.60 bits per heavy atom. The molecule has 0 aromatic carbocycles. The molecule has 0 amide bonds. The van der Waals surface area contributed by atoms with E-state index in [1.807, 2.05) is 7.05 Å². The maximum absolute atomic E-state index is 5.32. The number of rotatable bonds is 3. The third-order valence-corrected chi connectivity index (χ3v) is 3.72. The molecule has 1 aromatic rings. The predicted octanol–water partition coefficient (Wildman–Crippen LogP) is 3.02. The zero-order valence-corrected chi connectivity index (χ0v) is 11.3. The van der Waals surface area contributed by atoms with Crippen molar-refractivity contribution in [3.63, 3.8) is 0 Å². The Hall–Kier alpha value is -0.610. The summed E-state index contributed by atoms with van der Waals surface area (Å²) < 4.78 is 0. The minimum absolute atomic E-state index is 0.337. The molecule has 0 aliphatic heterocycles. The van der Waals surface area contributed by atoms with Crippen LogP contribution in [0.5, 0.6) is 0 Å². The van der Waals surface area contributed by atoms with E-state index in [0.717, 1.165) is 5.11 Å². The van der Waals surface area contributed by atoms with Crippen LogP contribution in [0, 0.1) is 0 Å². The Morgan fingerprint density at radius 1 is 1.47 bits per heavy atom. The first-order valence-electron chi connectivity index (χ1n) is 5.09. The highest BCUT2D eigenvalue weighted by molar-refractivity contribution is 7.80. The van der Waals surface area contributed by atoms with E-state index in [4.69, 9.17) is 12.2 Å². The van der Waals surface area contributed by atoms with Crippen molar-refractivity contribution in [3.8, 4) is 0 Å². The maximum Gasteiger partial charge on any atom is 0.169 e. The van der Waals surface area contributed by atoms with Gasteiger partial charge in [-0.25, -0.2) is 0 Å². The van der Waals surface area contributed by atoms with Crippen LogP contribution in [-0.4, -0.2) is 23.1 Å². The molecule has 1 heterocycles. The topological polar surface area (TPSA) is 15.3 Å². The van der Waals surface area contributed by atoms with Crippen molar-refractivity contribution in [1.82, 2.24) is 10.2 Å². The van der Waals surface area contributed by atoms with Gasteiger partial charge in [-0.1, -0.05) is 6.07 Å². The van der Waals surface area contributed by atoms with Crippen LogP contribution in [0.25, 0.3) is 0 Å². The standard InChI is InChI=1S/C11H18N2S2/c1-8(2)12-11(14)13(4)9(3)10-6-5-7-15-10/h5-9H,1-4H3,(H,12,14). The zero-order chi connectivity index (χ0) is 11.4. The van der Waals surface area contributed by atoms with Crippen molar-refractivity contribution in [2.24, 2.45) is 0 Å². The van der Waals surface area contributed by atoms with Crippen molar-refractivity contribution in [2.45, 2.75) is 32.9 Å². The molecule has 15 heavy (non-hydrogen) atoms. The summed E-state index contributed by atoms with van der Waals surface area (Å²) >= 11 is 7.09. The van der Waals surface area contributed by atoms with Crippen LogP contribution in [0.15, 0.2) is 17.5 Å². The number of thiocarbonyl (C=S) groups is 1. The molecule has 0 aliphatic carbocycles. The second-order valence-corrected chi connectivity index (χ2v) is 5.27. The van der Waals surface area contributed by atoms with E-state index in [-0.39, 0.29) is 0 Å². The van der Waals surface area contributed by atoms with Gasteiger partial charge in [-0.3, -0.25) is 0 Å². The molecular weight excluding hydrogens is 224 g/mol. The summed E-state index contributed by atoms with van der Waals surface area (Å²) in [5.74, 6) is 0. The summed E-state index contributed by atoms with van der Waals surface area (Å²) in [5, 5.41) is 6.15. The minimum atomic E-state index is 0.337. The fraction of sp³-hybridized carbons (Fsp3) is 0.545. The third kappa shape index (κ3) is 3.47. The van der Waals surface area contributed by atoms with Gasteiger partial charge >= 0.3 is 0 Å². The predicted molar refractivity (Wildman–Crippen MR) is 71.4 cm³/mol. The van der Waals surface area contributed by atoms with E-state index in [9.17, 15) is 0 Å². The number of nitrogens with one attached hydrogen (secondary N) is 1. The zero-order valence-electron chi connectivity index (χ0n) is 9.65. The third-order valence-electron chi connectivity index (χ3n) is 2.27. The Balaban J connectivity index is 2.60. The molecule has 84 valence electrons. The normalized spacial score (nSPS) is 12.6. The summed E-state index contributed by atoms with van der Waals surface area (Å²) in [4.78, 5) is 3.44. The van der Waals surface area contributed by atoms with E-state index in [2.05, 4.69) is 48.5 Å². The first-order valence-corrected chi connectivity index (χ1v) is 6.38. The maximum atomic E-state index is 5.32. The average molecular weight is 242 g/mol. The fourth-order valence-corrected chi connectivity index (χ4v) is 2.46. The fourth-order valence-electron chi connectivity index (χ4n) is 1.24. The van der Waals surface area contributed by atoms with Crippen molar-refractivity contribution in [1.29, 1.82) is 0 Å². The molecule has 2 nitrogen and oxygen atoms in total. The number of hydrogen-bond donors (Lipinski definition) is 1. The van der Waals surface area contributed by atoms with Gasteiger partial charge in [-0.2, -0.15) is 0 Å². The lowest BCUT2D eigenvalue weighted by Gasteiger charge is -2.28. The second-order valence-electron chi connectivity index (χ2n) is 3.91. The molecule has 0 saturated heterocycles. The largest absolute Gasteiger partial charge is 0.360 e. The van der Waals surface area contributed by atoms with Gasteiger partial charge in [0.2, 0.25) is 0 Å². The monoisotopic (exact) mass is 242 g/mol. The lowest BCUT2D eigenvalue weighted by Crippen LogP contribution is -2.41. The molecule has 0 bridgehead atoms. The molecule has 1 atom stereocenters. The van der Waals surface area contributed by atoms with E-state index >= 15 is 0 Å². The van der Waals surface area contributed by atoms with Crippen LogP contribution in [-0.2, 0) is 0 Å². The SMILES string of the molecule is CC(C)NC(=S)N(C)C(C)c1cccs1. The molecule has 0 aliphatic rings. The highest BCUT2D eigenvalue weighted by Crippen LogP contribution is 2.23. The van der Waals surface area contributed by atoms with Crippen molar-refractivity contribution in [2.75, 3.05) is 7.05 Å². The van der Waals surface area contributed by atoms with E-state index < -0.39 is 0 Å². The van der Waals surface area contributed by atoms with E-state index in [1.54, 1.807) is 11.3 Å². The Labute approximate surface area is 101 Å². The average Bonchev–Trinajstić information content (AvgIpc) is 2.67. The summed E-state index contributed by atoms with van der Waals surface area (Å²) in [6, 6.07) is 4.94. The molecule has 0 spiro atoms. The number of nitrogens with zero attached hydrogens (tertiary/aromatic N) is 1. The molecule has 4 heteroatoms. The van der Waals surface area contributed by atoms with Crippen molar-refractivity contribution >= 4 is 28.7 Å². The van der Waals surface area contributed by atoms with Crippen LogP contribution in [0.3, 0.4) is 0 Å². The van der Waals surface area contributed by atoms with Gasteiger partial charge < -0.3 is 10.2 Å². The van der Waals surface area contributed by atoms with Crippen LogP contribution < -0.4 is 5.32 Å². The van der Waals surface area contributed by atoms with Gasteiger partial charge in [0.25, 0.3) is 0 Å². The molecular formula is C11H18N2S2. The van der Waals surface area contributed by atoms with Gasteiger partial charge in [0, 0.05) is 18.0 Å². The number of hydrogen-bond acceptors (Lipinski definition) is 2. The highest BCUT2D eigenvalue weighted by atomic mass is 32.1. The van der Waals surface area contributed by atoms with Gasteiger partial charge in [-0.05, 0) is 44.4 Å². The molecule has 1 aromatic heterocycles. The summed E-state index contributed by atoms with van der Waals surface area (Å²) in [7, 11) is 2.03. The van der Waals surface area contributed by atoms with E-state index in [0.29, 0.717) is 12.1 Å². The lowest BCUT2D eigenvalue weighted by atomic mass is 10.2. The molecule has 0 radical (unpaired) electrons. The highest BCUT2D eigenvalue weighted by Gasteiger charge is 2.15. The molecule has 1 unspecified atom stereocenters. The summed E-state index contributed by atoms with van der Waals surface area (Å²) in [5.41, 5.74) is 0. The molecule has 1 rings (SSSR count). The molecule has 0 saturated carbocycles. The summed E-state index contributed by atoms with van der Waals surface area (Å²) in [6.45, 7) is 6.35. The number of thiophene rings is 1. The second kappa shape index (κ2) is 5.47. The van der Waals surface area contributed by atoms with Crippen molar-refractivity contribution in [3.05, 3.63) is 22.4 Å². The lowest BCUT2D eigenvalue weighted by molar-refractivity contribution is 0.397. The van der Waals surface area contributed by atoms with E-state index in [1.165, 1.54) is 4.88 Å². The summed E-state index contributed by atoms with van der Waals surface area (Å²) in [6.07, 6.45) is 0. The van der Waals surface area contributed by atoms with Crippen LogP contribution in [0.1, 0.15) is 31.7 Å². The van der Waals surface area contributed by atoms with Crippen LogP contribution in [0.4, 0.5) is 0 Å². The minimum Gasteiger partial charge on any atom is -0.360 e. The van der Waals surface area contributed by atoms with Gasteiger partial charge in [0.1, 0.15) is 0 Å². The first kappa shape index (κ1) is 12.5. The smallest absolute Gasteiger partial charge is 0.169 e. The van der Waals surface area contributed by atoms with Crippen LogP contribution in [0.2, 0.25) is 0 Å². The molecule has 0 fully saturated rings. The quantitative estimate of drug-likeness (QED) is 0.820.